The van der Waals surface area contributed by atoms with E-state index in [1.54, 1.807) is 20.0 Å². The van der Waals surface area contributed by atoms with Crippen LogP contribution < -0.4 is 10.1 Å². The summed E-state index contributed by atoms with van der Waals surface area (Å²) in [6.07, 6.45) is 1.17. The molecule has 0 aliphatic carbocycles. The number of carbonyl (C=O) groups is 1. The van der Waals surface area contributed by atoms with Gasteiger partial charge >= 0.3 is 0 Å². The summed E-state index contributed by atoms with van der Waals surface area (Å²) in [7, 11) is 0. The standard InChI is InChI=1S/C19H20N4O4/c1-11(26-14-9-13-5-3-4-6-15(13)20-10-14)18(24)22-16-7-8-25-17(16)19-21-12(2)23-27-19/h3-6,9-11,16-17H,7-8H2,1-2H3,(H,22,24)/t11-,16+,17-/m0/s1. The molecular weight excluding hydrogens is 348 g/mol. The number of hydrogen-bond acceptors (Lipinski definition) is 7. The Bertz CT molecular complexity index is 958. The van der Waals surface area contributed by atoms with Crippen molar-refractivity contribution in [3.05, 3.63) is 48.2 Å². The second-order valence-electron chi connectivity index (χ2n) is 6.50. The maximum atomic E-state index is 12.6. The summed E-state index contributed by atoms with van der Waals surface area (Å²) in [6.45, 7) is 3.95. The van der Waals surface area contributed by atoms with Gasteiger partial charge < -0.3 is 19.3 Å². The number of aryl methyl sites for hydroxylation is 1. The van der Waals surface area contributed by atoms with E-state index < -0.39 is 12.2 Å². The quantitative estimate of drug-likeness (QED) is 0.738. The molecule has 27 heavy (non-hydrogen) atoms. The first-order valence-corrected chi connectivity index (χ1v) is 8.84. The molecule has 1 aliphatic rings. The predicted octanol–water partition coefficient (Wildman–Crippen LogP) is 2.34. The van der Waals surface area contributed by atoms with Gasteiger partial charge in [-0.3, -0.25) is 9.78 Å². The highest BCUT2D eigenvalue weighted by atomic mass is 16.5. The van der Waals surface area contributed by atoms with E-state index in [9.17, 15) is 4.79 Å². The van der Waals surface area contributed by atoms with E-state index in [4.69, 9.17) is 14.0 Å². The molecule has 1 amide bonds. The van der Waals surface area contributed by atoms with E-state index in [1.165, 1.54) is 0 Å². The molecule has 0 saturated carbocycles. The van der Waals surface area contributed by atoms with Crippen molar-refractivity contribution in [3.8, 4) is 5.75 Å². The summed E-state index contributed by atoms with van der Waals surface area (Å²) in [5.74, 6) is 1.22. The Morgan fingerprint density at radius 2 is 2.22 bits per heavy atom. The molecule has 2 aromatic heterocycles. The number of carbonyl (C=O) groups excluding carboxylic acids is 1. The molecule has 1 N–H and O–H groups in total. The van der Waals surface area contributed by atoms with Crippen molar-refractivity contribution >= 4 is 16.8 Å². The lowest BCUT2D eigenvalue weighted by Crippen LogP contribution is -2.43. The van der Waals surface area contributed by atoms with E-state index >= 15 is 0 Å². The number of nitrogens with one attached hydrogen (secondary N) is 1. The average molecular weight is 368 g/mol. The van der Waals surface area contributed by atoms with Crippen molar-refractivity contribution in [2.24, 2.45) is 0 Å². The van der Waals surface area contributed by atoms with Gasteiger partial charge in [-0.05, 0) is 32.4 Å². The molecular formula is C19H20N4O4. The van der Waals surface area contributed by atoms with Crippen LogP contribution in [0.4, 0.5) is 0 Å². The number of rotatable bonds is 5. The van der Waals surface area contributed by atoms with E-state index in [-0.39, 0.29) is 11.9 Å². The molecule has 1 aliphatic heterocycles. The number of para-hydroxylation sites is 1. The van der Waals surface area contributed by atoms with Crippen LogP contribution in [0.2, 0.25) is 0 Å². The fourth-order valence-corrected chi connectivity index (χ4v) is 3.08. The van der Waals surface area contributed by atoms with Crippen LogP contribution >= 0.6 is 0 Å². The molecule has 4 rings (SSSR count). The molecule has 140 valence electrons. The SMILES string of the molecule is Cc1noc([C@H]2OCC[C@H]2NC(=O)[C@H](C)Oc2cnc3ccccc3c2)n1. The largest absolute Gasteiger partial charge is 0.479 e. The second kappa shape index (κ2) is 7.32. The summed E-state index contributed by atoms with van der Waals surface area (Å²) in [5, 5.41) is 7.69. The molecule has 8 nitrogen and oxygen atoms in total. The Hall–Kier alpha value is -3.00. The third-order valence-electron chi connectivity index (χ3n) is 4.45. The Labute approximate surface area is 155 Å². The number of fused-ring (bicyclic) bond motifs is 1. The van der Waals surface area contributed by atoms with E-state index in [0.717, 1.165) is 10.9 Å². The zero-order chi connectivity index (χ0) is 18.8. The highest BCUT2D eigenvalue weighted by Gasteiger charge is 2.36. The van der Waals surface area contributed by atoms with Gasteiger partial charge in [0.2, 0.25) is 0 Å². The Balaban J connectivity index is 1.41. The monoisotopic (exact) mass is 368 g/mol. The molecule has 3 atom stereocenters. The van der Waals surface area contributed by atoms with E-state index in [1.807, 2.05) is 30.3 Å². The van der Waals surface area contributed by atoms with Crippen LogP contribution in [-0.2, 0) is 9.53 Å². The summed E-state index contributed by atoms with van der Waals surface area (Å²) >= 11 is 0. The highest BCUT2D eigenvalue weighted by Crippen LogP contribution is 2.28. The minimum Gasteiger partial charge on any atom is -0.479 e. The molecule has 3 aromatic rings. The molecule has 3 heterocycles. The first-order chi connectivity index (χ1) is 13.1. The number of aromatic nitrogens is 3. The number of benzene rings is 1. The lowest BCUT2D eigenvalue weighted by Gasteiger charge is -2.20. The first kappa shape index (κ1) is 17.4. The fourth-order valence-electron chi connectivity index (χ4n) is 3.08. The summed E-state index contributed by atoms with van der Waals surface area (Å²) in [5.41, 5.74) is 0.878. The molecule has 1 fully saturated rings. The van der Waals surface area contributed by atoms with Gasteiger partial charge in [-0.2, -0.15) is 4.98 Å². The van der Waals surface area contributed by atoms with Crippen molar-refractivity contribution in [1.29, 1.82) is 0 Å². The van der Waals surface area contributed by atoms with Crippen molar-refractivity contribution in [1.82, 2.24) is 20.4 Å². The zero-order valence-corrected chi connectivity index (χ0v) is 15.1. The predicted molar refractivity (Wildman–Crippen MR) is 96.1 cm³/mol. The number of amides is 1. The smallest absolute Gasteiger partial charge is 0.261 e. The average Bonchev–Trinajstić information content (AvgIpc) is 3.30. The van der Waals surface area contributed by atoms with Crippen LogP contribution in [0, 0.1) is 6.92 Å². The van der Waals surface area contributed by atoms with Crippen molar-refractivity contribution < 1.29 is 18.8 Å². The maximum absolute atomic E-state index is 12.6. The number of pyridine rings is 1. The van der Waals surface area contributed by atoms with Crippen molar-refractivity contribution in [2.45, 2.75) is 38.5 Å². The molecule has 1 aromatic carbocycles. The summed E-state index contributed by atoms with van der Waals surface area (Å²) in [6, 6.07) is 9.37. The maximum Gasteiger partial charge on any atom is 0.261 e. The van der Waals surface area contributed by atoms with E-state index in [2.05, 4.69) is 20.4 Å². The molecule has 8 heteroatoms. The van der Waals surface area contributed by atoms with Crippen LogP contribution in [-0.4, -0.2) is 39.8 Å². The lowest BCUT2D eigenvalue weighted by molar-refractivity contribution is -0.128. The van der Waals surface area contributed by atoms with Gasteiger partial charge in [0.25, 0.3) is 11.8 Å². The van der Waals surface area contributed by atoms with Gasteiger partial charge in [-0.1, -0.05) is 23.4 Å². The van der Waals surface area contributed by atoms with Crippen LogP contribution in [0.15, 0.2) is 41.1 Å². The van der Waals surface area contributed by atoms with Crippen LogP contribution in [0.3, 0.4) is 0 Å². The second-order valence-corrected chi connectivity index (χ2v) is 6.50. The molecule has 0 spiro atoms. The Morgan fingerprint density at radius 1 is 1.37 bits per heavy atom. The van der Waals surface area contributed by atoms with Crippen LogP contribution in [0.25, 0.3) is 10.9 Å². The molecule has 1 saturated heterocycles. The summed E-state index contributed by atoms with van der Waals surface area (Å²) in [4.78, 5) is 21.1. The minimum atomic E-state index is -0.682. The van der Waals surface area contributed by atoms with E-state index in [0.29, 0.717) is 30.5 Å². The van der Waals surface area contributed by atoms with Crippen molar-refractivity contribution in [2.75, 3.05) is 6.61 Å². The third-order valence-corrected chi connectivity index (χ3v) is 4.45. The Morgan fingerprint density at radius 3 is 3.04 bits per heavy atom. The zero-order valence-electron chi connectivity index (χ0n) is 15.1. The van der Waals surface area contributed by atoms with Gasteiger partial charge in [0.1, 0.15) is 5.75 Å². The van der Waals surface area contributed by atoms with Crippen LogP contribution in [0.1, 0.15) is 31.2 Å². The lowest BCUT2D eigenvalue weighted by atomic mass is 10.1. The van der Waals surface area contributed by atoms with Gasteiger partial charge in [0.05, 0.1) is 17.8 Å². The van der Waals surface area contributed by atoms with Crippen molar-refractivity contribution in [3.63, 3.8) is 0 Å². The topological polar surface area (TPSA) is 99.4 Å². The minimum absolute atomic E-state index is 0.236. The number of nitrogens with zero attached hydrogens (tertiary/aromatic N) is 3. The first-order valence-electron chi connectivity index (χ1n) is 8.84. The van der Waals surface area contributed by atoms with Gasteiger partial charge in [0.15, 0.2) is 18.0 Å². The summed E-state index contributed by atoms with van der Waals surface area (Å²) < 4.78 is 16.6. The Kier molecular flexibility index (Phi) is 4.72. The third kappa shape index (κ3) is 3.75. The van der Waals surface area contributed by atoms with Gasteiger partial charge in [0, 0.05) is 12.0 Å². The van der Waals surface area contributed by atoms with Crippen LogP contribution in [0.5, 0.6) is 5.75 Å². The highest BCUT2D eigenvalue weighted by molar-refractivity contribution is 5.82. The number of hydrogen-bond donors (Lipinski definition) is 1. The molecule has 0 unspecified atom stereocenters. The molecule has 0 radical (unpaired) electrons. The van der Waals surface area contributed by atoms with Gasteiger partial charge in [-0.25, -0.2) is 0 Å². The normalized spacial score (nSPS) is 20.5. The van der Waals surface area contributed by atoms with Gasteiger partial charge in [-0.15, -0.1) is 0 Å². The fraction of sp³-hybridized carbons (Fsp3) is 0.368. The molecule has 0 bridgehead atoms. The number of ether oxygens (including phenoxy) is 2.